The van der Waals surface area contributed by atoms with Gasteiger partial charge >= 0.3 is 0 Å². The molecule has 1 heterocycles. The van der Waals surface area contributed by atoms with E-state index in [4.69, 9.17) is 0 Å². The van der Waals surface area contributed by atoms with E-state index in [0.717, 1.165) is 18.7 Å². The standard InChI is InChI=1S/C12H25N5/c1-7-13-11(12(2,3)16(4)5)8-10-9-17(6)15-14-10/h9,11,13H,7-8H2,1-6H3. The Morgan fingerprint density at radius 2 is 2.12 bits per heavy atom. The van der Waals surface area contributed by atoms with Crippen LogP contribution in [0, 0.1) is 0 Å². The highest BCUT2D eigenvalue weighted by molar-refractivity contribution is 5.02. The first-order valence-electron chi connectivity index (χ1n) is 6.14. The number of aryl methyl sites for hydroxylation is 1. The third-order valence-corrected chi connectivity index (χ3v) is 3.52. The van der Waals surface area contributed by atoms with Crippen LogP contribution >= 0.6 is 0 Å². The van der Waals surface area contributed by atoms with Gasteiger partial charge in [0.25, 0.3) is 0 Å². The molecule has 1 aromatic heterocycles. The minimum absolute atomic E-state index is 0.0769. The Hall–Kier alpha value is -0.940. The SMILES string of the molecule is CCNC(Cc1cn(C)nn1)C(C)(C)N(C)C. The Bertz CT molecular complexity index is 342. The summed E-state index contributed by atoms with van der Waals surface area (Å²) >= 11 is 0. The van der Waals surface area contributed by atoms with Crippen molar-refractivity contribution in [2.75, 3.05) is 20.6 Å². The van der Waals surface area contributed by atoms with E-state index in [1.165, 1.54) is 0 Å². The van der Waals surface area contributed by atoms with Gasteiger partial charge in [0.05, 0.1) is 5.69 Å². The molecular formula is C12H25N5. The van der Waals surface area contributed by atoms with Crippen LogP contribution in [0.1, 0.15) is 26.5 Å². The minimum Gasteiger partial charge on any atom is -0.312 e. The van der Waals surface area contributed by atoms with E-state index in [1.807, 2.05) is 13.2 Å². The van der Waals surface area contributed by atoms with Gasteiger partial charge in [-0.15, -0.1) is 5.10 Å². The molecule has 1 unspecified atom stereocenters. The second-order valence-electron chi connectivity index (χ2n) is 5.25. The average molecular weight is 239 g/mol. The van der Waals surface area contributed by atoms with Gasteiger partial charge in [-0.2, -0.15) is 0 Å². The third kappa shape index (κ3) is 3.51. The van der Waals surface area contributed by atoms with Crippen LogP contribution in [-0.4, -0.2) is 52.1 Å². The Kier molecular flexibility index (Phi) is 4.65. The summed E-state index contributed by atoms with van der Waals surface area (Å²) in [6.45, 7) is 7.59. The minimum atomic E-state index is 0.0769. The summed E-state index contributed by atoms with van der Waals surface area (Å²) in [5.41, 5.74) is 1.11. The van der Waals surface area contributed by atoms with Crippen LogP contribution in [0.25, 0.3) is 0 Å². The summed E-state index contributed by atoms with van der Waals surface area (Å²) in [7, 11) is 6.12. The van der Waals surface area contributed by atoms with Crippen molar-refractivity contribution in [3.8, 4) is 0 Å². The molecule has 17 heavy (non-hydrogen) atoms. The maximum atomic E-state index is 4.17. The van der Waals surface area contributed by atoms with Crippen LogP contribution in [0.15, 0.2) is 6.20 Å². The van der Waals surface area contributed by atoms with Crippen LogP contribution < -0.4 is 5.32 Å². The number of aromatic nitrogens is 3. The van der Waals surface area contributed by atoms with Gasteiger partial charge in [-0.3, -0.25) is 4.68 Å². The second kappa shape index (κ2) is 5.60. The molecule has 0 radical (unpaired) electrons. The fourth-order valence-corrected chi connectivity index (χ4v) is 1.83. The van der Waals surface area contributed by atoms with Crippen molar-refractivity contribution in [3.05, 3.63) is 11.9 Å². The molecule has 0 aliphatic heterocycles. The largest absolute Gasteiger partial charge is 0.312 e. The summed E-state index contributed by atoms with van der Waals surface area (Å²) in [5, 5.41) is 11.7. The van der Waals surface area contributed by atoms with Crippen LogP contribution in [0.3, 0.4) is 0 Å². The summed E-state index contributed by atoms with van der Waals surface area (Å²) in [6.07, 6.45) is 2.88. The fraction of sp³-hybridized carbons (Fsp3) is 0.833. The van der Waals surface area contributed by atoms with Crippen LogP contribution in [0.5, 0.6) is 0 Å². The van der Waals surface area contributed by atoms with Crippen molar-refractivity contribution in [2.24, 2.45) is 7.05 Å². The first kappa shape index (κ1) is 14.1. The highest BCUT2D eigenvalue weighted by Crippen LogP contribution is 2.18. The molecule has 1 N–H and O–H groups in total. The lowest BCUT2D eigenvalue weighted by atomic mass is 9.89. The third-order valence-electron chi connectivity index (χ3n) is 3.52. The Balaban J connectivity index is 2.79. The highest BCUT2D eigenvalue weighted by Gasteiger charge is 2.31. The van der Waals surface area contributed by atoms with Gasteiger partial charge < -0.3 is 10.2 Å². The molecule has 0 fully saturated rings. The summed E-state index contributed by atoms with van der Waals surface area (Å²) < 4.78 is 1.75. The van der Waals surface area contributed by atoms with E-state index < -0.39 is 0 Å². The van der Waals surface area contributed by atoms with Gasteiger partial charge in [0, 0.05) is 31.2 Å². The van der Waals surface area contributed by atoms with Crippen molar-refractivity contribution < 1.29 is 0 Å². The molecule has 0 aromatic carbocycles. The normalized spacial score (nSPS) is 14.3. The van der Waals surface area contributed by atoms with Crippen molar-refractivity contribution in [2.45, 2.75) is 38.8 Å². The zero-order valence-corrected chi connectivity index (χ0v) is 11.9. The first-order chi connectivity index (χ1) is 7.87. The maximum Gasteiger partial charge on any atom is 0.0843 e. The highest BCUT2D eigenvalue weighted by atomic mass is 15.4. The quantitative estimate of drug-likeness (QED) is 0.793. The van der Waals surface area contributed by atoms with Gasteiger partial charge in [-0.05, 0) is 34.5 Å². The predicted octanol–water partition coefficient (Wildman–Crippen LogP) is 0.676. The molecule has 98 valence electrons. The van der Waals surface area contributed by atoms with E-state index >= 15 is 0 Å². The van der Waals surface area contributed by atoms with Crippen LogP contribution in [0.4, 0.5) is 0 Å². The summed E-state index contributed by atoms with van der Waals surface area (Å²) in [6, 6.07) is 0.360. The first-order valence-corrected chi connectivity index (χ1v) is 6.14. The lowest BCUT2D eigenvalue weighted by molar-refractivity contribution is 0.137. The summed E-state index contributed by atoms with van der Waals surface area (Å²) in [4.78, 5) is 2.25. The van der Waals surface area contributed by atoms with Crippen molar-refractivity contribution >= 4 is 0 Å². The lowest BCUT2D eigenvalue weighted by Crippen LogP contribution is -2.56. The molecular weight excluding hydrogens is 214 g/mol. The van der Waals surface area contributed by atoms with Gasteiger partial charge in [0.15, 0.2) is 0 Å². The number of rotatable bonds is 6. The lowest BCUT2D eigenvalue weighted by Gasteiger charge is -2.40. The van der Waals surface area contributed by atoms with Gasteiger partial charge in [0.1, 0.15) is 0 Å². The smallest absolute Gasteiger partial charge is 0.0843 e. The van der Waals surface area contributed by atoms with E-state index in [2.05, 4.69) is 55.4 Å². The number of nitrogens with one attached hydrogen (secondary N) is 1. The van der Waals surface area contributed by atoms with Crippen molar-refractivity contribution in [1.29, 1.82) is 0 Å². The molecule has 0 aliphatic rings. The Morgan fingerprint density at radius 3 is 2.53 bits per heavy atom. The van der Waals surface area contributed by atoms with E-state index in [1.54, 1.807) is 4.68 Å². The maximum absolute atomic E-state index is 4.17. The van der Waals surface area contributed by atoms with Crippen LogP contribution in [0.2, 0.25) is 0 Å². The van der Waals surface area contributed by atoms with Gasteiger partial charge in [-0.25, -0.2) is 0 Å². The molecule has 0 spiro atoms. The zero-order valence-electron chi connectivity index (χ0n) is 11.9. The predicted molar refractivity (Wildman–Crippen MR) is 69.9 cm³/mol. The summed E-state index contributed by atoms with van der Waals surface area (Å²) in [5.74, 6) is 0. The van der Waals surface area contributed by atoms with Crippen LogP contribution in [-0.2, 0) is 13.5 Å². The molecule has 5 nitrogen and oxygen atoms in total. The zero-order chi connectivity index (χ0) is 13.1. The molecule has 0 aliphatic carbocycles. The van der Waals surface area contributed by atoms with E-state index in [-0.39, 0.29) is 5.54 Å². The molecule has 0 saturated carbocycles. The fourth-order valence-electron chi connectivity index (χ4n) is 1.83. The molecule has 1 aromatic rings. The van der Waals surface area contributed by atoms with Crippen molar-refractivity contribution in [3.63, 3.8) is 0 Å². The molecule has 0 bridgehead atoms. The van der Waals surface area contributed by atoms with Gasteiger partial charge in [0.2, 0.25) is 0 Å². The monoisotopic (exact) mass is 239 g/mol. The number of likely N-dealkylation sites (N-methyl/N-ethyl adjacent to an activating group) is 2. The number of hydrogen-bond acceptors (Lipinski definition) is 4. The number of nitrogens with zero attached hydrogens (tertiary/aromatic N) is 4. The Labute approximate surface area is 104 Å². The second-order valence-corrected chi connectivity index (χ2v) is 5.25. The molecule has 5 heteroatoms. The van der Waals surface area contributed by atoms with E-state index in [0.29, 0.717) is 6.04 Å². The van der Waals surface area contributed by atoms with Gasteiger partial charge in [-0.1, -0.05) is 12.1 Å². The average Bonchev–Trinajstić information content (AvgIpc) is 2.63. The molecule has 1 atom stereocenters. The molecule has 0 saturated heterocycles. The molecule has 0 amide bonds. The topological polar surface area (TPSA) is 46.0 Å². The van der Waals surface area contributed by atoms with E-state index in [9.17, 15) is 0 Å². The molecule has 1 rings (SSSR count). The number of hydrogen-bond donors (Lipinski definition) is 1. The van der Waals surface area contributed by atoms with Crippen molar-refractivity contribution in [1.82, 2.24) is 25.2 Å². The Morgan fingerprint density at radius 1 is 1.47 bits per heavy atom.